The minimum Gasteiger partial charge on any atom is -0.508 e. The van der Waals surface area contributed by atoms with Crippen LogP contribution in [-0.2, 0) is 16.0 Å². The van der Waals surface area contributed by atoms with E-state index in [-0.39, 0.29) is 30.6 Å². The molecule has 0 saturated heterocycles. The third-order valence-corrected chi connectivity index (χ3v) is 3.49. The molecule has 132 valence electrons. The lowest BCUT2D eigenvalue weighted by Crippen LogP contribution is -2.28. The number of anilines is 1. The van der Waals surface area contributed by atoms with E-state index < -0.39 is 0 Å². The molecule has 0 atom stereocenters. The zero-order chi connectivity index (χ0) is 18.1. The smallest absolute Gasteiger partial charge is 0.257 e. The van der Waals surface area contributed by atoms with Crippen molar-refractivity contribution in [3.63, 3.8) is 0 Å². The Hall–Kier alpha value is -3.02. The van der Waals surface area contributed by atoms with Gasteiger partial charge in [0.25, 0.3) is 5.91 Å². The van der Waals surface area contributed by atoms with E-state index in [2.05, 4.69) is 10.6 Å². The first-order valence-corrected chi connectivity index (χ1v) is 8.14. The van der Waals surface area contributed by atoms with Gasteiger partial charge in [0.05, 0.1) is 0 Å². The molecule has 2 aromatic rings. The quantitative estimate of drug-likeness (QED) is 0.688. The molecule has 2 aromatic carbocycles. The highest BCUT2D eigenvalue weighted by atomic mass is 16.5. The molecule has 2 amide bonds. The highest BCUT2D eigenvalue weighted by Gasteiger charge is 2.06. The number of benzene rings is 2. The lowest BCUT2D eigenvalue weighted by molar-refractivity contribution is -0.123. The number of amides is 2. The summed E-state index contributed by atoms with van der Waals surface area (Å²) in [5, 5.41) is 15.1. The van der Waals surface area contributed by atoms with Crippen molar-refractivity contribution < 1.29 is 19.4 Å². The van der Waals surface area contributed by atoms with Gasteiger partial charge >= 0.3 is 0 Å². The van der Waals surface area contributed by atoms with Gasteiger partial charge in [-0.15, -0.1) is 0 Å². The number of phenolic OH excluding ortho intramolecular Hbond substituents is 1. The second kappa shape index (κ2) is 9.32. The van der Waals surface area contributed by atoms with Gasteiger partial charge in [-0.2, -0.15) is 0 Å². The SMILES string of the molecule is CCNC(=O)COc1ccc(NC(=O)CCc2ccccc2O)cc1. The van der Waals surface area contributed by atoms with Crippen LogP contribution in [0.5, 0.6) is 11.5 Å². The molecule has 0 bridgehead atoms. The summed E-state index contributed by atoms with van der Waals surface area (Å²) in [5.41, 5.74) is 1.39. The number of carbonyl (C=O) groups is 2. The summed E-state index contributed by atoms with van der Waals surface area (Å²) in [6.07, 6.45) is 0.735. The van der Waals surface area contributed by atoms with Crippen LogP contribution in [0.25, 0.3) is 0 Å². The number of aryl methyl sites for hydroxylation is 1. The molecule has 6 nitrogen and oxygen atoms in total. The Morgan fingerprint density at radius 1 is 1.04 bits per heavy atom. The summed E-state index contributed by atoms with van der Waals surface area (Å²) < 4.78 is 5.35. The molecule has 0 unspecified atom stereocenters. The Bertz CT molecular complexity index is 714. The number of phenols is 1. The van der Waals surface area contributed by atoms with E-state index in [9.17, 15) is 14.7 Å². The molecule has 0 aliphatic carbocycles. The molecule has 0 saturated carbocycles. The maximum atomic E-state index is 12.0. The topological polar surface area (TPSA) is 87.7 Å². The van der Waals surface area contributed by atoms with E-state index in [1.165, 1.54) is 0 Å². The Labute approximate surface area is 146 Å². The van der Waals surface area contributed by atoms with Gasteiger partial charge in [-0.1, -0.05) is 18.2 Å². The summed E-state index contributed by atoms with van der Waals surface area (Å²) in [6, 6.07) is 13.8. The van der Waals surface area contributed by atoms with E-state index in [0.29, 0.717) is 24.4 Å². The highest BCUT2D eigenvalue weighted by Crippen LogP contribution is 2.19. The van der Waals surface area contributed by atoms with Crippen LogP contribution in [0, 0.1) is 0 Å². The van der Waals surface area contributed by atoms with Crippen molar-refractivity contribution in [1.82, 2.24) is 5.32 Å². The van der Waals surface area contributed by atoms with Crippen molar-refractivity contribution in [2.75, 3.05) is 18.5 Å². The Morgan fingerprint density at radius 2 is 1.76 bits per heavy atom. The molecule has 0 aliphatic rings. The van der Waals surface area contributed by atoms with Gasteiger partial charge in [0, 0.05) is 18.7 Å². The first kappa shape index (κ1) is 18.3. The van der Waals surface area contributed by atoms with Crippen LogP contribution in [0.15, 0.2) is 48.5 Å². The highest BCUT2D eigenvalue weighted by molar-refractivity contribution is 5.90. The van der Waals surface area contributed by atoms with Crippen molar-refractivity contribution in [3.05, 3.63) is 54.1 Å². The maximum Gasteiger partial charge on any atom is 0.257 e. The molecular formula is C19H22N2O4. The van der Waals surface area contributed by atoms with Gasteiger partial charge < -0.3 is 20.5 Å². The second-order valence-corrected chi connectivity index (χ2v) is 5.44. The third kappa shape index (κ3) is 6.18. The summed E-state index contributed by atoms with van der Waals surface area (Å²) in [4.78, 5) is 23.3. The van der Waals surface area contributed by atoms with Gasteiger partial charge in [0.2, 0.25) is 5.91 Å². The third-order valence-electron chi connectivity index (χ3n) is 3.49. The average molecular weight is 342 g/mol. The second-order valence-electron chi connectivity index (χ2n) is 5.44. The fraction of sp³-hybridized carbons (Fsp3) is 0.263. The summed E-state index contributed by atoms with van der Waals surface area (Å²) in [6.45, 7) is 2.36. The zero-order valence-electron chi connectivity index (χ0n) is 14.1. The van der Waals surface area contributed by atoms with Gasteiger partial charge in [0.15, 0.2) is 6.61 Å². The van der Waals surface area contributed by atoms with Crippen molar-refractivity contribution in [2.45, 2.75) is 19.8 Å². The molecule has 25 heavy (non-hydrogen) atoms. The first-order valence-electron chi connectivity index (χ1n) is 8.14. The van der Waals surface area contributed by atoms with Crippen LogP contribution >= 0.6 is 0 Å². The molecule has 3 N–H and O–H groups in total. The number of para-hydroxylation sites is 1. The Balaban J connectivity index is 1.79. The average Bonchev–Trinajstić information content (AvgIpc) is 2.61. The monoisotopic (exact) mass is 342 g/mol. The van der Waals surface area contributed by atoms with Gasteiger partial charge in [-0.3, -0.25) is 9.59 Å². The summed E-state index contributed by atoms with van der Waals surface area (Å²) in [5.74, 6) is 0.436. The van der Waals surface area contributed by atoms with Crippen LogP contribution in [-0.4, -0.2) is 30.1 Å². The van der Waals surface area contributed by atoms with E-state index in [4.69, 9.17) is 4.74 Å². The number of likely N-dealkylation sites (N-methyl/N-ethyl adjacent to an activating group) is 1. The van der Waals surface area contributed by atoms with E-state index in [1.807, 2.05) is 13.0 Å². The molecule has 0 aromatic heterocycles. The van der Waals surface area contributed by atoms with Gasteiger partial charge in [-0.05, 0) is 49.2 Å². The Kier molecular flexibility index (Phi) is 6.83. The normalized spacial score (nSPS) is 10.1. The van der Waals surface area contributed by atoms with Crippen LogP contribution < -0.4 is 15.4 Å². The van der Waals surface area contributed by atoms with Gasteiger partial charge in [-0.25, -0.2) is 0 Å². The molecule has 0 radical (unpaired) electrons. The number of ether oxygens (including phenoxy) is 1. The first-order chi connectivity index (χ1) is 12.1. The largest absolute Gasteiger partial charge is 0.508 e. The predicted octanol–water partition coefficient (Wildman–Crippen LogP) is 2.48. The standard InChI is InChI=1S/C19H22N2O4/c1-2-20-19(24)13-25-16-10-8-15(9-11-16)21-18(23)12-7-14-5-3-4-6-17(14)22/h3-6,8-11,22H,2,7,12-13H2,1H3,(H,20,24)(H,21,23). The number of carbonyl (C=O) groups excluding carboxylic acids is 2. The summed E-state index contributed by atoms with van der Waals surface area (Å²) in [7, 11) is 0. The lowest BCUT2D eigenvalue weighted by Gasteiger charge is -2.09. The minimum absolute atomic E-state index is 0.0416. The van der Waals surface area contributed by atoms with Crippen molar-refractivity contribution in [3.8, 4) is 11.5 Å². The van der Waals surface area contributed by atoms with E-state index >= 15 is 0 Å². The van der Waals surface area contributed by atoms with E-state index in [0.717, 1.165) is 5.56 Å². The molecule has 0 spiro atoms. The molecular weight excluding hydrogens is 320 g/mol. The number of nitrogens with one attached hydrogen (secondary N) is 2. The van der Waals surface area contributed by atoms with Crippen molar-refractivity contribution in [2.24, 2.45) is 0 Å². The summed E-state index contributed by atoms with van der Waals surface area (Å²) >= 11 is 0. The predicted molar refractivity (Wildman–Crippen MR) is 95.7 cm³/mol. The van der Waals surface area contributed by atoms with Gasteiger partial charge in [0.1, 0.15) is 11.5 Å². The fourth-order valence-corrected chi connectivity index (χ4v) is 2.23. The molecule has 0 fully saturated rings. The van der Waals surface area contributed by atoms with Crippen LogP contribution in [0.3, 0.4) is 0 Å². The maximum absolute atomic E-state index is 12.0. The molecule has 6 heteroatoms. The lowest BCUT2D eigenvalue weighted by atomic mass is 10.1. The number of aromatic hydroxyl groups is 1. The zero-order valence-corrected chi connectivity index (χ0v) is 14.1. The molecule has 0 heterocycles. The number of hydrogen-bond donors (Lipinski definition) is 3. The van der Waals surface area contributed by atoms with Crippen LogP contribution in [0.2, 0.25) is 0 Å². The molecule has 2 rings (SSSR count). The van der Waals surface area contributed by atoms with Crippen molar-refractivity contribution in [1.29, 1.82) is 0 Å². The van der Waals surface area contributed by atoms with Crippen LogP contribution in [0.1, 0.15) is 18.9 Å². The Morgan fingerprint density at radius 3 is 2.44 bits per heavy atom. The molecule has 0 aliphatic heterocycles. The minimum atomic E-state index is -0.177. The van der Waals surface area contributed by atoms with E-state index in [1.54, 1.807) is 42.5 Å². The van der Waals surface area contributed by atoms with Crippen molar-refractivity contribution >= 4 is 17.5 Å². The van der Waals surface area contributed by atoms with Crippen LogP contribution in [0.4, 0.5) is 5.69 Å². The number of hydrogen-bond acceptors (Lipinski definition) is 4. The number of rotatable bonds is 8. The fourth-order valence-electron chi connectivity index (χ4n) is 2.23.